The summed E-state index contributed by atoms with van der Waals surface area (Å²) in [6, 6.07) is 14.6. The molecule has 1 saturated heterocycles. The number of carbonyl (C=O) groups is 2. The first-order valence-electron chi connectivity index (χ1n) is 9.71. The summed E-state index contributed by atoms with van der Waals surface area (Å²) >= 11 is 0. The van der Waals surface area contributed by atoms with Crippen LogP contribution in [0.3, 0.4) is 0 Å². The number of methoxy groups -OCH3 is 1. The normalized spacial score (nSPS) is 13.8. The van der Waals surface area contributed by atoms with E-state index in [2.05, 4.69) is 15.5 Å². The lowest BCUT2D eigenvalue weighted by molar-refractivity contribution is 0.0935. The molecule has 1 aliphatic rings. The Morgan fingerprint density at radius 2 is 1.50 bits per heavy atom. The molecule has 1 aliphatic heterocycles. The fourth-order valence-corrected chi connectivity index (χ4v) is 3.25. The maximum absolute atomic E-state index is 12.5. The first kappa shape index (κ1) is 19.9. The molecule has 0 aliphatic carbocycles. The molecule has 1 heterocycles. The first-order chi connectivity index (χ1) is 13.7. The molecule has 0 aromatic heterocycles. The smallest absolute Gasteiger partial charge is 0.255 e. The van der Waals surface area contributed by atoms with Gasteiger partial charge in [-0.15, -0.1) is 0 Å². The Morgan fingerprint density at radius 3 is 2.11 bits per heavy atom. The Kier molecular flexibility index (Phi) is 7.03. The van der Waals surface area contributed by atoms with Gasteiger partial charge in [0.1, 0.15) is 0 Å². The lowest BCUT2D eigenvalue weighted by Crippen LogP contribution is -2.29. The van der Waals surface area contributed by atoms with Gasteiger partial charge < -0.3 is 20.3 Å². The second-order valence-corrected chi connectivity index (χ2v) is 6.87. The van der Waals surface area contributed by atoms with E-state index in [0.29, 0.717) is 24.3 Å². The first-order valence-corrected chi connectivity index (χ1v) is 9.71. The molecule has 148 valence electrons. The van der Waals surface area contributed by atoms with E-state index in [1.807, 2.05) is 24.3 Å². The highest BCUT2D eigenvalue weighted by Gasteiger charge is 2.12. The number of nitrogens with one attached hydrogen (secondary N) is 2. The standard InChI is InChI=1S/C22H27N3O3/c1-28-16-13-23-21(26)17-5-7-18(8-6-17)22(27)24-19-9-11-20(12-10-19)25-14-3-2-4-15-25/h5-12H,2-4,13-16H2,1H3,(H,23,26)(H,24,27). The number of ether oxygens (including phenoxy) is 1. The Balaban J connectivity index is 1.56. The lowest BCUT2D eigenvalue weighted by atomic mass is 10.1. The Labute approximate surface area is 165 Å². The summed E-state index contributed by atoms with van der Waals surface area (Å²) in [6.45, 7) is 3.10. The van der Waals surface area contributed by atoms with Gasteiger partial charge in [-0.1, -0.05) is 0 Å². The number of hydrogen-bond donors (Lipinski definition) is 2. The second-order valence-electron chi connectivity index (χ2n) is 6.87. The van der Waals surface area contributed by atoms with Gasteiger partial charge in [0.25, 0.3) is 11.8 Å². The van der Waals surface area contributed by atoms with Crippen LogP contribution < -0.4 is 15.5 Å². The minimum atomic E-state index is -0.197. The van der Waals surface area contributed by atoms with Crippen LogP contribution in [0.5, 0.6) is 0 Å². The van der Waals surface area contributed by atoms with Gasteiger partial charge >= 0.3 is 0 Å². The van der Waals surface area contributed by atoms with E-state index in [-0.39, 0.29) is 11.8 Å². The van der Waals surface area contributed by atoms with Crippen molar-refractivity contribution in [1.82, 2.24) is 5.32 Å². The van der Waals surface area contributed by atoms with Crippen molar-refractivity contribution < 1.29 is 14.3 Å². The summed E-state index contributed by atoms with van der Waals surface area (Å²) in [4.78, 5) is 26.8. The van der Waals surface area contributed by atoms with Crippen LogP contribution in [0.2, 0.25) is 0 Å². The zero-order valence-electron chi connectivity index (χ0n) is 16.2. The van der Waals surface area contributed by atoms with E-state index >= 15 is 0 Å². The van der Waals surface area contributed by atoms with Crippen LogP contribution >= 0.6 is 0 Å². The number of piperidine rings is 1. The van der Waals surface area contributed by atoms with Crippen LogP contribution in [0.1, 0.15) is 40.0 Å². The zero-order valence-corrected chi connectivity index (χ0v) is 16.2. The fourth-order valence-electron chi connectivity index (χ4n) is 3.25. The van der Waals surface area contributed by atoms with E-state index in [0.717, 1.165) is 18.8 Å². The van der Waals surface area contributed by atoms with Crippen LogP contribution in [-0.4, -0.2) is 45.2 Å². The van der Waals surface area contributed by atoms with E-state index in [1.54, 1.807) is 31.4 Å². The van der Waals surface area contributed by atoms with Crippen LogP contribution in [0, 0.1) is 0 Å². The number of carbonyl (C=O) groups excluding carboxylic acids is 2. The molecule has 2 amide bonds. The zero-order chi connectivity index (χ0) is 19.8. The lowest BCUT2D eigenvalue weighted by Gasteiger charge is -2.28. The van der Waals surface area contributed by atoms with Crippen molar-refractivity contribution >= 4 is 23.2 Å². The second kappa shape index (κ2) is 9.90. The van der Waals surface area contributed by atoms with Crippen LogP contribution in [0.4, 0.5) is 11.4 Å². The van der Waals surface area contributed by atoms with Gasteiger partial charge in [0.05, 0.1) is 6.61 Å². The molecule has 3 rings (SSSR count). The number of amides is 2. The molecule has 0 unspecified atom stereocenters. The molecule has 6 nitrogen and oxygen atoms in total. The van der Waals surface area contributed by atoms with E-state index < -0.39 is 0 Å². The van der Waals surface area contributed by atoms with E-state index in [9.17, 15) is 9.59 Å². The van der Waals surface area contributed by atoms with Crippen molar-refractivity contribution in [3.05, 3.63) is 59.7 Å². The van der Waals surface area contributed by atoms with Crippen molar-refractivity contribution in [2.24, 2.45) is 0 Å². The molecule has 0 bridgehead atoms. The molecule has 28 heavy (non-hydrogen) atoms. The topological polar surface area (TPSA) is 70.7 Å². The number of rotatable bonds is 7. The Morgan fingerprint density at radius 1 is 0.893 bits per heavy atom. The quantitative estimate of drug-likeness (QED) is 0.722. The maximum atomic E-state index is 12.5. The van der Waals surface area contributed by atoms with Crippen LogP contribution in [0.25, 0.3) is 0 Å². The van der Waals surface area contributed by atoms with Gasteiger partial charge in [-0.2, -0.15) is 0 Å². The highest BCUT2D eigenvalue weighted by molar-refractivity contribution is 6.05. The number of nitrogens with zero attached hydrogens (tertiary/aromatic N) is 1. The third kappa shape index (κ3) is 5.33. The predicted octanol–water partition coefficient (Wildman–Crippen LogP) is 3.31. The Bertz CT molecular complexity index is 782. The minimum absolute atomic E-state index is 0.183. The average Bonchev–Trinajstić information content (AvgIpc) is 2.75. The fraction of sp³-hybridized carbons (Fsp3) is 0.364. The Hall–Kier alpha value is -2.86. The van der Waals surface area contributed by atoms with Gasteiger partial charge in [-0.3, -0.25) is 9.59 Å². The van der Waals surface area contributed by atoms with Crippen molar-refractivity contribution in [3.63, 3.8) is 0 Å². The van der Waals surface area contributed by atoms with E-state index in [4.69, 9.17) is 4.74 Å². The summed E-state index contributed by atoms with van der Waals surface area (Å²) in [5, 5.41) is 5.66. The van der Waals surface area contributed by atoms with Gasteiger partial charge in [0, 0.05) is 49.2 Å². The SMILES string of the molecule is COCCNC(=O)c1ccc(C(=O)Nc2ccc(N3CCCCC3)cc2)cc1. The molecule has 2 N–H and O–H groups in total. The summed E-state index contributed by atoms with van der Waals surface area (Å²) in [5.41, 5.74) is 2.97. The molecule has 2 aromatic rings. The number of anilines is 2. The van der Waals surface area contributed by atoms with Gasteiger partial charge in [-0.05, 0) is 67.8 Å². The maximum Gasteiger partial charge on any atom is 0.255 e. The summed E-state index contributed by atoms with van der Waals surface area (Å²) < 4.78 is 4.91. The average molecular weight is 381 g/mol. The van der Waals surface area contributed by atoms with Gasteiger partial charge in [0.15, 0.2) is 0 Å². The van der Waals surface area contributed by atoms with Crippen molar-refractivity contribution in [3.8, 4) is 0 Å². The molecule has 2 aromatic carbocycles. The van der Waals surface area contributed by atoms with Gasteiger partial charge in [-0.25, -0.2) is 0 Å². The summed E-state index contributed by atoms with van der Waals surface area (Å²) in [7, 11) is 1.58. The van der Waals surface area contributed by atoms with Crippen molar-refractivity contribution in [1.29, 1.82) is 0 Å². The number of hydrogen-bond acceptors (Lipinski definition) is 4. The van der Waals surface area contributed by atoms with E-state index in [1.165, 1.54) is 24.9 Å². The molecular formula is C22H27N3O3. The largest absolute Gasteiger partial charge is 0.383 e. The summed E-state index contributed by atoms with van der Waals surface area (Å²) in [6.07, 6.45) is 3.77. The molecule has 0 radical (unpaired) electrons. The highest BCUT2D eigenvalue weighted by atomic mass is 16.5. The third-order valence-electron chi connectivity index (χ3n) is 4.85. The van der Waals surface area contributed by atoms with Gasteiger partial charge in [0.2, 0.25) is 0 Å². The van der Waals surface area contributed by atoms with Crippen molar-refractivity contribution in [2.75, 3.05) is 43.6 Å². The molecular weight excluding hydrogens is 354 g/mol. The molecule has 1 fully saturated rings. The third-order valence-corrected chi connectivity index (χ3v) is 4.85. The highest BCUT2D eigenvalue weighted by Crippen LogP contribution is 2.22. The van der Waals surface area contributed by atoms with Crippen LogP contribution in [-0.2, 0) is 4.74 Å². The predicted molar refractivity (Wildman–Crippen MR) is 111 cm³/mol. The van der Waals surface area contributed by atoms with Crippen molar-refractivity contribution in [2.45, 2.75) is 19.3 Å². The molecule has 6 heteroatoms. The molecule has 0 spiro atoms. The molecule has 0 saturated carbocycles. The van der Waals surface area contributed by atoms with Crippen LogP contribution in [0.15, 0.2) is 48.5 Å². The monoisotopic (exact) mass is 381 g/mol. The molecule has 0 atom stereocenters. The summed E-state index contributed by atoms with van der Waals surface area (Å²) in [5.74, 6) is -0.380. The number of benzene rings is 2. The minimum Gasteiger partial charge on any atom is -0.383 e.